The molecular formula is C23H25N3O. The molecule has 1 aromatic heterocycles. The van der Waals surface area contributed by atoms with Crippen LogP contribution in [-0.4, -0.2) is 28.4 Å². The van der Waals surface area contributed by atoms with Crippen molar-refractivity contribution in [2.24, 2.45) is 10.8 Å². The SMILES string of the molecule is CC1(C)C[C@@H]2C[C@@](C)(CN2C(=O)c2cccc(-c3ccccc3C#N)n2)C1. The Kier molecular flexibility index (Phi) is 4.07. The molecule has 2 heterocycles. The van der Waals surface area contributed by atoms with E-state index in [2.05, 4.69) is 31.8 Å². The number of carbonyl (C=O) groups is 1. The molecule has 0 spiro atoms. The molecule has 4 heteroatoms. The van der Waals surface area contributed by atoms with E-state index in [0.29, 0.717) is 23.0 Å². The molecule has 0 radical (unpaired) electrons. The fourth-order valence-corrected chi connectivity index (χ4v) is 5.35. The van der Waals surface area contributed by atoms with Gasteiger partial charge in [0.25, 0.3) is 5.91 Å². The molecule has 138 valence electrons. The van der Waals surface area contributed by atoms with E-state index >= 15 is 0 Å². The van der Waals surface area contributed by atoms with E-state index in [1.807, 2.05) is 35.2 Å². The van der Waals surface area contributed by atoms with Gasteiger partial charge in [0.05, 0.1) is 17.3 Å². The maximum atomic E-state index is 13.3. The minimum Gasteiger partial charge on any atom is -0.334 e. The molecule has 4 nitrogen and oxygen atoms in total. The minimum absolute atomic E-state index is 0.0118. The van der Waals surface area contributed by atoms with E-state index in [1.54, 1.807) is 12.1 Å². The summed E-state index contributed by atoms with van der Waals surface area (Å²) in [4.78, 5) is 19.9. The van der Waals surface area contributed by atoms with Gasteiger partial charge in [-0.25, -0.2) is 4.98 Å². The average Bonchev–Trinajstić information content (AvgIpc) is 2.89. The van der Waals surface area contributed by atoms with E-state index in [4.69, 9.17) is 0 Å². The number of carbonyl (C=O) groups excluding carboxylic acids is 1. The number of hydrogen-bond donors (Lipinski definition) is 0. The summed E-state index contributed by atoms with van der Waals surface area (Å²) in [6.45, 7) is 7.73. The summed E-state index contributed by atoms with van der Waals surface area (Å²) in [7, 11) is 0. The highest BCUT2D eigenvalue weighted by molar-refractivity contribution is 5.93. The Bertz CT molecular complexity index is 943. The van der Waals surface area contributed by atoms with Gasteiger partial charge in [-0.1, -0.05) is 45.0 Å². The number of nitriles is 1. The van der Waals surface area contributed by atoms with E-state index in [0.717, 1.165) is 31.4 Å². The number of likely N-dealkylation sites (tertiary alicyclic amines) is 1. The largest absolute Gasteiger partial charge is 0.334 e. The number of pyridine rings is 1. The Balaban J connectivity index is 1.65. The first-order valence-electron chi connectivity index (χ1n) is 9.58. The van der Waals surface area contributed by atoms with Gasteiger partial charge in [0.1, 0.15) is 5.69 Å². The minimum atomic E-state index is 0.0118. The Morgan fingerprint density at radius 3 is 2.70 bits per heavy atom. The molecule has 2 aromatic rings. The van der Waals surface area contributed by atoms with Gasteiger partial charge in [-0.05, 0) is 48.3 Å². The molecule has 2 aliphatic rings. The van der Waals surface area contributed by atoms with Gasteiger partial charge < -0.3 is 4.90 Å². The summed E-state index contributed by atoms with van der Waals surface area (Å²) >= 11 is 0. The maximum Gasteiger partial charge on any atom is 0.272 e. The standard InChI is InChI=1S/C23H25N3O/c1-22(2)11-17-12-23(3,14-22)15-26(17)21(27)20-10-6-9-19(25-20)18-8-5-4-7-16(18)13-24/h4-10,17H,11-12,14-15H2,1-3H3/t17-,23-/m1/s1. The number of amides is 1. The highest BCUT2D eigenvalue weighted by Gasteiger charge is 2.51. The van der Waals surface area contributed by atoms with Gasteiger partial charge >= 0.3 is 0 Å². The Hall–Kier alpha value is -2.67. The second-order valence-electron chi connectivity index (χ2n) is 9.21. The van der Waals surface area contributed by atoms with Crippen LogP contribution in [0.5, 0.6) is 0 Å². The quantitative estimate of drug-likeness (QED) is 0.783. The van der Waals surface area contributed by atoms with Crippen molar-refractivity contribution in [1.29, 1.82) is 5.26 Å². The Morgan fingerprint density at radius 2 is 1.93 bits per heavy atom. The number of nitrogens with zero attached hydrogens (tertiary/aromatic N) is 3. The van der Waals surface area contributed by atoms with Gasteiger partial charge in [-0.15, -0.1) is 0 Å². The molecule has 1 aliphatic carbocycles. The molecule has 2 atom stereocenters. The van der Waals surface area contributed by atoms with Crippen molar-refractivity contribution in [1.82, 2.24) is 9.88 Å². The third-order valence-electron chi connectivity index (χ3n) is 5.97. The lowest BCUT2D eigenvalue weighted by atomic mass is 9.65. The van der Waals surface area contributed by atoms with Gasteiger partial charge in [0.2, 0.25) is 0 Å². The smallest absolute Gasteiger partial charge is 0.272 e. The first-order valence-corrected chi connectivity index (χ1v) is 9.58. The third-order valence-corrected chi connectivity index (χ3v) is 5.97. The van der Waals surface area contributed by atoms with E-state index in [-0.39, 0.29) is 16.7 Å². The van der Waals surface area contributed by atoms with Gasteiger partial charge in [0, 0.05) is 18.2 Å². The van der Waals surface area contributed by atoms with Gasteiger partial charge in [0.15, 0.2) is 0 Å². The zero-order valence-electron chi connectivity index (χ0n) is 16.2. The molecule has 2 fully saturated rings. The van der Waals surface area contributed by atoms with Crippen LogP contribution >= 0.6 is 0 Å². The summed E-state index contributed by atoms with van der Waals surface area (Å²) in [5.41, 5.74) is 2.95. The van der Waals surface area contributed by atoms with Crippen LogP contribution < -0.4 is 0 Å². The second kappa shape index (κ2) is 6.20. The molecule has 27 heavy (non-hydrogen) atoms. The third kappa shape index (κ3) is 3.23. The zero-order valence-corrected chi connectivity index (χ0v) is 16.2. The molecule has 2 bridgehead atoms. The van der Waals surface area contributed by atoms with Gasteiger partial charge in [-0.2, -0.15) is 5.26 Å². The van der Waals surface area contributed by atoms with Crippen LogP contribution in [0.2, 0.25) is 0 Å². The lowest BCUT2D eigenvalue weighted by Gasteiger charge is -2.39. The zero-order chi connectivity index (χ0) is 19.2. The second-order valence-corrected chi connectivity index (χ2v) is 9.21. The van der Waals surface area contributed by atoms with Crippen LogP contribution in [0.4, 0.5) is 0 Å². The van der Waals surface area contributed by atoms with Crippen molar-refractivity contribution in [3.05, 3.63) is 53.7 Å². The highest BCUT2D eigenvalue weighted by atomic mass is 16.2. The predicted molar refractivity (Wildman–Crippen MR) is 105 cm³/mol. The van der Waals surface area contributed by atoms with Crippen molar-refractivity contribution in [2.75, 3.05) is 6.54 Å². The summed E-state index contributed by atoms with van der Waals surface area (Å²) in [6.07, 6.45) is 3.29. The molecule has 0 N–H and O–H groups in total. The number of rotatable bonds is 2. The lowest BCUT2D eigenvalue weighted by Crippen LogP contribution is -2.38. The summed E-state index contributed by atoms with van der Waals surface area (Å²) < 4.78 is 0. The highest BCUT2D eigenvalue weighted by Crippen LogP contribution is 2.52. The molecule has 0 unspecified atom stereocenters. The first-order chi connectivity index (χ1) is 12.8. The lowest BCUT2D eigenvalue weighted by molar-refractivity contribution is 0.0702. The van der Waals surface area contributed by atoms with Crippen LogP contribution in [0.1, 0.15) is 56.1 Å². The fraction of sp³-hybridized carbons (Fsp3) is 0.435. The Labute approximate surface area is 160 Å². The van der Waals surface area contributed by atoms with E-state index in [9.17, 15) is 10.1 Å². The topological polar surface area (TPSA) is 57.0 Å². The predicted octanol–water partition coefficient (Wildman–Crippen LogP) is 4.66. The number of benzene rings is 1. The van der Waals surface area contributed by atoms with Crippen LogP contribution in [0, 0.1) is 22.2 Å². The van der Waals surface area contributed by atoms with E-state index in [1.165, 1.54) is 0 Å². The van der Waals surface area contributed by atoms with E-state index < -0.39 is 0 Å². The molecule has 4 rings (SSSR count). The maximum absolute atomic E-state index is 13.3. The van der Waals surface area contributed by atoms with Gasteiger partial charge in [-0.3, -0.25) is 4.79 Å². The first kappa shape index (κ1) is 17.7. The monoisotopic (exact) mass is 359 g/mol. The summed E-state index contributed by atoms with van der Waals surface area (Å²) in [5.74, 6) is 0.0118. The van der Waals surface area contributed by atoms with Crippen LogP contribution in [0.3, 0.4) is 0 Å². The van der Waals surface area contributed by atoms with Crippen molar-refractivity contribution in [3.63, 3.8) is 0 Å². The van der Waals surface area contributed by atoms with Crippen molar-refractivity contribution in [2.45, 2.75) is 46.1 Å². The molecule has 1 saturated carbocycles. The summed E-state index contributed by atoms with van der Waals surface area (Å²) in [5, 5.41) is 9.36. The fourth-order valence-electron chi connectivity index (χ4n) is 5.35. The normalized spacial score (nSPS) is 25.9. The Morgan fingerprint density at radius 1 is 1.15 bits per heavy atom. The van der Waals surface area contributed by atoms with Crippen LogP contribution in [0.15, 0.2) is 42.5 Å². The van der Waals surface area contributed by atoms with Crippen LogP contribution in [0.25, 0.3) is 11.3 Å². The van der Waals surface area contributed by atoms with Crippen LogP contribution in [-0.2, 0) is 0 Å². The average molecular weight is 359 g/mol. The molecule has 1 aliphatic heterocycles. The molecule has 1 aromatic carbocycles. The molecule has 1 amide bonds. The van der Waals surface area contributed by atoms with Crippen molar-refractivity contribution in [3.8, 4) is 17.3 Å². The van der Waals surface area contributed by atoms with Crippen molar-refractivity contribution < 1.29 is 4.79 Å². The van der Waals surface area contributed by atoms with Crippen molar-refractivity contribution >= 4 is 5.91 Å². The molecular weight excluding hydrogens is 334 g/mol. The summed E-state index contributed by atoms with van der Waals surface area (Å²) in [6, 6.07) is 15.4. The number of aromatic nitrogens is 1. The molecule has 1 saturated heterocycles. The number of hydrogen-bond acceptors (Lipinski definition) is 3. The number of fused-ring (bicyclic) bond motifs is 2.